The smallest absolute Gasteiger partial charge is 0.225 e. The highest BCUT2D eigenvalue weighted by Crippen LogP contribution is 2.29. The first-order valence-electron chi connectivity index (χ1n) is 9.03. The van der Waals surface area contributed by atoms with E-state index >= 15 is 0 Å². The normalized spacial score (nSPS) is 21.1. The van der Waals surface area contributed by atoms with Gasteiger partial charge in [0.15, 0.2) is 0 Å². The molecular weight excluding hydrogens is 340 g/mol. The van der Waals surface area contributed by atoms with Gasteiger partial charge in [0.2, 0.25) is 11.8 Å². The molecule has 0 aromatic heterocycles. The number of rotatable bonds is 7. The van der Waals surface area contributed by atoms with Crippen molar-refractivity contribution in [2.45, 2.75) is 44.8 Å². The first-order chi connectivity index (χ1) is 12.1. The lowest BCUT2D eigenvalue weighted by Crippen LogP contribution is -2.37. The second-order valence-corrected chi connectivity index (χ2v) is 7.29. The summed E-state index contributed by atoms with van der Waals surface area (Å²) < 4.78 is 5.56. The number of halogens is 1. The maximum absolute atomic E-state index is 12.3. The number of ether oxygens (including phenoxy) is 1. The summed E-state index contributed by atoms with van der Waals surface area (Å²) in [6.45, 7) is 1.97. The summed E-state index contributed by atoms with van der Waals surface area (Å²) >= 11 is 5.84. The van der Waals surface area contributed by atoms with Crippen LogP contribution in [0.4, 0.5) is 0 Å². The highest BCUT2D eigenvalue weighted by atomic mass is 35.5. The van der Waals surface area contributed by atoms with Gasteiger partial charge in [0.1, 0.15) is 0 Å². The molecule has 1 saturated heterocycles. The Morgan fingerprint density at radius 1 is 1.24 bits per heavy atom. The van der Waals surface area contributed by atoms with Crippen LogP contribution >= 0.6 is 11.6 Å². The number of carbonyl (C=O) groups is 2. The average Bonchev–Trinajstić information content (AvgIpc) is 3.25. The second kappa shape index (κ2) is 8.68. The van der Waals surface area contributed by atoms with Crippen LogP contribution in [0, 0.1) is 5.92 Å². The average molecular weight is 365 g/mol. The molecule has 1 aliphatic carbocycles. The maximum Gasteiger partial charge on any atom is 0.225 e. The number of nitrogens with zero attached hydrogens (tertiary/aromatic N) is 1. The van der Waals surface area contributed by atoms with Crippen LogP contribution < -0.4 is 5.32 Å². The molecule has 2 fully saturated rings. The van der Waals surface area contributed by atoms with E-state index in [9.17, 15) is 9.59 Å². The first kappa shape index (κ1) is 18.2. The van der Waals surface area contributed by atoms with E-state index in [2.05, 4.69) is 5.32 Å². The van der Waals surface area contributed by atoms with Crippen LogP contribution in [0.3, 0.4) is 0 Å². The highest BCUT2D eigenvalue weighted by molar-refractivity contribution is 6.30. The fourth-order valence-corrected chi connectivity index (χ4v) is 3.76. The van der Waals surface area contributed by atoms with Crippen LogP contribution in [0.5, 0.6) is 0 Å². The summed E-state index contributed by atoms with van der Waals surface area (Å²) in [5.74, 6) is -0.126. The molecule has 1 aromatic carbocycles. The number of nitrogens with one attached hydrogen (secondary N) is 1. The third kappa shape index (κ3) is 4.95. The van der Waals surface area contributed by atoms with Crippen molar-refractivity contribution in [2.75, 3.05) is 19.7 Å². The SMILES string of the molecule is O=C(NCCOCc1ccc(Cl)cc1)C1CC(=O)N(C2CCCC2)C1. The van der Waals surface area contributed by atoms with Crippen molar-refractivity contribution in [3.8, 4) is 0 Å². The molecule has 1 aromatic rings. The quantitative estimate of drug-likeness (QED) is 0.757. The predicted octanol–water partition coefficient (Wildman–Crippen LogP) is 2.76. The molecule has 1 heterocycles. The molecule has 25 heavy (non-hydrogen) atoms. The number of hydrogen-bond acceptors (Lipinski definition) is 3. The van der Waals surface area contributed by atoms with Gasteiger partial charge >= 0.3 is 0 Å². The van der Waals surface area contributed by atoms with E-state index < -0.39 is 0 Å². The number of likely N-dealkylation sites (tertiary alicyclic amines) is 1. The van der Waals surface area contributed by atoms with Crippen molar-refractivity contribution < 1.29 is 14.3 Å². The fourth-order valence-electron chi connectivity index (χ4n) is 3.64. The monoisotopic (exact) mass is 364 g/mol. The third-order valence-corrected chi connectivity index (χ3v) is 5.27. The molecule has 1 unspecified atom stereocenters. The summed E-state index contributed by atoms with van der Waals surface area (Å²) in [4.78, 5) is 26.3. The Kier molecular flexibility index (Phi) is 6.32. The van der Waals surface area contributed by atoms with Crippen LogP contribution in [-0.2, 0) is 20.9 Å². The summed E-state index contributed by atoms with van der Waals surface area (Å²) in [6.07, 6.45) is 4.89. The number of amides is 2. The van der Waals surface area contributed by atoms with Crippen LogP contribution in [0.15, 0.2) is 24.3 Å². The van der Waals surface area contributed by atoms with Gasteiger partial charge in [-0.05, 0) is 30.5 Å². The van der Waals surface area contributed by atoms with Crippen molar-refractivity contribution in [1.82, 2.24) is 10.2 Å². The van der Waals surface area contributed by atoms with E-state index in [1.165, 1.54) is 12.8 Å². The Morgan fingerprint density at radius 3 is 2.68 bits per heavy atom. The van der Waals surface area contributed by atoms with E-state index in [1.807, 2.05) is 29.2 Å². The summed E-state index contributed by atoms with van der Waals surface area (Å²) in [5.41, 5.74) is 1.05. The largest absolute Gasteiger partial charge is 0.375 e. The van der Waals surface area contributed by atoms with E-state index in [0.29, 0.717) is 43.8 Å². The van der Waals surface area contributed by atoms with E-state index in [4.69, 9.17) is 16.3 Å². The lowest BCUT2D eigenvalue weighted by atomic mass is 10.1. The third-order valence-electron chi connectivity index (χ3n) is 5.02. The molecule has 0 spiro atoms. The molecule has 1 saturated carbocycles. The maximum atomic E-state index is 12.3. The zero-order valence-electron chi connectivity index (χ0n) is 14.4. The molecule has 1 atom stereocenters. The van der Waals surface area contributed by atoms with Crippen molar-refractivity contribution in [3.05, 3.63) is 34.9 Å². The van der Waals surface area contributed by atoms with Gasteiger partial charge in [0.25, 0.3) is 0 Å². The lowest BCUT2D eigenvalue weighted by molar-refractivity contribution is -0.130. The zero-order valence-corrected chi connectivity index (χ0v) is 15.1. The molecule has 1 N–H and O–H groups in total. The number of benzene rings is 1. The Hall–Kier alpha value is -1.59. The first-order valence-corrected chi connectivity index (χ1v) is 9.40. The second-order valence-electron chi connectivity index (χ2n) is 6.86. The van der Waals surface area contributed by atoms with Gasteiger partial charge in [-0.25, -0.2) is 0 Å². The number of carbonyl (C=O) groups excluding carboxylic acids is 2. The summed E-state index contributed by atoms with van der Waals surface area (Å²) in [7, 11) is 0. The molecule has 0 radical (unpaired) electrons. The summed E-state index contributed by atoms with van der Waals surface area (Å²) in [5, 5.41) is 3.59. The molecule has 5 nitrogen and oxygen atoms in total. The van der Waals surface area contributed by atoms with Crippen LogP contribution in [0.1, 0.15) is 37.7 Å². The van der Waals surface area contributed by atoms with Crippen LogP contribution in [0.25, 0.3) is 0 Å². The van der Waals surface area contributed by atoms with E-state index in [0.717, 1.165) is 18.4 Å². The van der Waals surface area contributed by atoms with Crippen molar-refractivity contribution >= 4 is 23.4 Å². The highest BCUT2D eigenvalue weighted by Gasteiger charge is 2.38. The van der Waals surface area contributed by atoms with Gasteiger partial charge in [0.05, 0.1) is 19.1 Å². The topological polar surface area (TPSA) is 58.6 Å². The Balaban J connectivity index is 1.34. The van der Waals surface area contributed by atoms with Gasteiger partial charge in [-0.3, -0.25) is 9.59 Å². The Labute approximate surface area is 153 Å². The molecule has 3 rings (SSSR count). The molecule has 6 heteroatoms. The van der Waals surface area contributed by atoms with Gasteiger partial charge in [-0.1, -0.05) is 36.6 Å². The Bertz CT molecular complexity index is 599. The minimum atomic E-state index is -0.218. The zero-order chi connectivity index (χ0) is 17.6. The molecule has 0 bridgehead atoms. The molecule has 136 valence electrons. The standard InChI is InChI=1S/C19H25ClN2O3/c20-16-7-5-14(6-8-16)13-25-10-9-21-19(24)15-11-18(23)22(12-15)17-3-1-2-4-17/h5-8,15,17H,1-4,9-13H2,(H,21,24). The van der Waals surface area contributed by atoms with Crippen molar-refractivity contribution in [2.24, 2.45) is 5.92 Å². The minimum Gasteiger partial charge on any atom is -0.375 e. The van der Waals surface area contributed by atoms with Gasteiger partial charge < -0.3 is 15.0 Å². The molecule has 1 aliphatic heterocycles. The Morgan fingerprint density at radius 2 is 1.96 bits per heavy atom. The fraction of sp³-hybridized carbons (Fsp3) is 0.579. The molecular formula is C19H25ClN2O3. The minimum absolute atomic E-state index is 0.0380. The van der Waals surface area contributed by atoms with Crippen molar-refractivity contribution in [3.63, 3.8) is 0 Å². The van der Waals surface area contributed by atoms with Gasteiger partial charge in [-0.15, -0.1) is 0 Å². The van der Waals surface area contributed by atoms with E-state index in [-0.39, 0.29) is 17.7 Å². The molecule has 2 amide bonds. The van der Waals surface area contributed by atoms with Crippen LogP contribution in [0.2, 0.25) is 5.02 Å². The van der Waals surface area contributed by atoms with E-state index in [1.54, 1.807) is 0 Å². The van der Waals surface area contributed by atoms with Gasteiger partial charge in [0, 0.05) is 30.6 Å². The van der Waals surface area contributed by atoms with Crippen LogP contribution in [-0.4, -0.2) is 42.5 Å². The lowest BCUT2D eigenvalue weighted by Gasteiger charge is -2.23. The predicted molar refractivity (Wildman–Crippen MR) is 96.2 cm³/mol. The van der Waals surface area contributed by atoms with Gasteiger partial charge in [-0.2, -0.15) is 0 Å². The van der Waals surface area contributed by atoms with Crippen molar-refractivity contribution in [1.29, 1.82) is 0 Å². The molecule has 2 aliphatic rings. The summed E-state index contributed by atoms with van der Waals surface area (Å²) in [6, 6.07) is 7.85. The number of hydrogen-bond donors (Lipinski definition) is 1.